The lowest BCUT2D eigenvalue weighted by Gasteiger charge is -2.26. The van der Waals surface area contributed by atoms with Crippen molar-refractivity contribution in [2.45, 2.75) is 58.1 Å². The second-order valence-electron chi connectivity index (χ2n) is 10.3. The average Bonchev–Trinajstić information content (AvgIpc) is 3.45. The first-order valence-corrected chi connectivity index (χ1v) is 13.8. The number of rotatable bonds is 10. The van der Waals surface area contributed by atoms with Gasteiger partial charge in [-0.2, -0.15) is 0 Å². The largest absolute Gasteiger partial charge is 0.507 e. The van der Waals surface area contributed by atoms with E-state index in [9.17, 15) is 14.7 Å². The summed E-state index contributed by atoms with van der Waals surface area (Å²) >= 11 is 0. The molecule has 0 radical (unpaired) electrons. The normalized spacial score (nSPS) is 19.7. The highest BCUT2D eigenvalue weighted by Gasteiger charge is 2.46. The van der Waals surface area contributed by atoms with Crippen molar-refractivity contribution >= 4 is 17.4 Å². The Labute approximate surface area is 229 Å². The summed E-state index contributed by atoms with van der Waals surface area (Å²) in [4.78, 5) is 28.4. The molecule has 1 fully saturated rings. The maximum atomic E-state index is 13.5. The Balaban J connectivity index is 1.52. The summed E-state index contributed by atoms with van der Waals surface area (Å²) in [6.45, 7) is 5.08. The zero-order valence-electron chi connectivity index (χ0n) is 22.6. The Kier molecular flexibility index (Phi) is 8.01. The van der Waals surface area contributed by atoms with E-state index in [1.807, 2.05) is 73.7 Å². The fraction of sp³-hybridized carbons (Fsp3) is 0.333. The van der Waals surface area contributed by atoms with Crippen LogP contribution >= 0.6 is 0 Å². The minimum atomic E-state index is -0.726. The second kappa shape index (κ2) is 11.8. The molecule has 2 atom stereocenters. The number of ether oxygens (including phenoxy) is 2. The van der Waals surface area contributed by atoms with Gasteiger partial charge >= 0.3 is 0 Å². The first kappa shape index (κ1) is 26.5. The molecule has 6 heteroatoms. The van der Waals surface area contributed by atoms with Crippen molar-refractivity contribution in [2.75, 3.05) is 13.2 Å². The molecule has 0 unspecified atom stereocenters. The molecule has 0 aromatic heterocycles. The topological polar surface area (TPSA) is 76.1 Å². The summed E-state index contributed by atoms with van der Waals surface area (Å²) in [6, 6.07) is 22.1. The summed E-state index contributed by atoms with van der Waals surface area (Å²) in [6.07, 6.45) is 4.52. The SMILES string of the molecule is CCCCCOc1cccc([C@H]2C(=C(O)c3ccc4c(c3)C[C@H](C)O4)C(=O)C(=O)N2CCc2ccccc2)c1. The number of aliphatic hydroxyl groups is 1. The second-order valence-corrected chi connectivity index (χ2v) is 10.3. The van der Waals surface area contributed by atoms with Gasteiger partial charge in [0, 0.05) is 18.5 Å². The van der Waals surface area contributed by atoms with Crippen molar-refractivity contribution in [1.29, 1.82) is 0 Å². The third kappa shape index (κ3) is 5.70. The van der Waals surface area contributed by atoms with Gasteiger partial charge in [0.2, 0.25) is 0 Å². The summed E-state index contributed by atoms with van der Waals surface area (Å²) in [7, 11) is 0. The fourth-order valence-electron chi connectivity index (χ4n) is 5.39. The van der Waals surface area contributed by atoms with Crippen LogP contribution in [0.1, 0.15) is 61.4 Å². The van der Waals surface area contributed by atoms with Crippen molar-refractivity contribution in [3.63, 3.8) is 0 Å². The van der Waals surface area contributed by atoms with Crippen LogP contribution in [-0.4, -0.2) is 41.0 Å². The lowest BCUT2D eigenvalue weighted by Crippen LogP contribution is -2.31. The lowest BCUT2D eigenvalue weighted by atomic mass is 9.94. The Hall–Kier alpha value is -4.06. The number of Topliss-reactive ketones (excluding diaryl/α,β-unsaturated/α-hetero) is 1. The quantitative estimate of drug-likeness (QED) is 0.147. The number of carbonyl (C=O) groups is 2. The number of hydrogen-bond donors (Lipinski definition) is 1. The Morgan fingerprint density at radius 2 is 1.85 bits per heavy atom. The maximum absolute atomic E-state index is 13.5. The van der Waals surface area contributed by atoms with E-state index in [4.69, 9.17) is 9.47 Å². The molecule has 0 bridgehead atoms. The van der Waals surface area contributed by atoms with Crippen LogP contribution in [0, 0.1) is 0 Å². The molecule has 2 aliphatic heterocycles. The number of carbonyl (C=O) groups excluding carboxylic acids is 2. The standard InChI is InChI=1S/C33H35NO5/c1-3-4-8-18-38-27-13-9-12-24(21-27)30-29(31(35)25-14-15-28-26(20-25)19-22(2)39-28)32(36)33(37)34(30)17-16-23-10-6-5-7-11-23/h5-7,9-15,20-22,30,35H,3-4,8,16-19H2,1-2H3/t22-,30-/m0/s1. The van der Waals surface area contributed by atoms with Gasteiger partial charge in [0.25, 0.3) is 11.7 Å². The number of fused-ring (bicyclic) bond motifs is 1. The number of benzene rings is 3. The number of ketones is 1. The highest BCUT2D eigenvalue weighted by atomic mass is 16.5. The molecule has 2 heterocycles. The van der Waals surface area contributed by atoms with Crippen molar-refractivity contribution in [3.05, 3.63) is 101 Å². The average molecular weight is 526 g/mol. The number of hydrogen-bond acceptors (Lipinski definition) is 5. The number of amides is 1. The third-order valence-corrected chi connectivity index (χ3v) is 7.38. The molecule has 1 amide bonds. The molecular weight excluding hydrogens is 490 g/mol. The van der Waals surface area contributed by atoms with Crippen LogP contribution in [0.5, 0.6) is 11.5 Å². The number of nitrogens with zero attached hydrogens (tertiary/aromatic N) is 1. The predicted octanol–water partition coefficient (Wildman–Crippen LogP) is 6.24. The van der Waals surface area contributed by atoms with Gasteiger partial charge in [-0.3, -0.25) is 9.59 Å². The molecule has 1 saturated heterocycles. The van der Waals surface area contributed by atoms with Crippen LogP contribution in [0.2, 0.25) is 0 Å². The molecule has 0 saturated carbocycles. The van der Waals surface area contributed by atoms with Crippen molar-refractivity contribution < 1.29 is 24.2 Å². The van der Waals surface area contributed by atoms with Gasteiger partial charge in [0.15, 0.2) is 0 Å². The van der Waals surface area contributed by atoms with E-state index >= 15 is 0 Å². The monoisotopic (exact) mass is 525 g/mol. The van der Waals surface area contributed by atoms with Crippen molar-refractivity contribution in [3.8, 4) is 11.5 Å². The minimum Gasteiger partial charge on any atom is -0.507 e. The van der Waals surface area contributed by atoms with Gasteiger partial charge in [-0.15, -0.1) is 0 Å². The molecule has 2 aliphatic rings. The molecule has 6 nitrogen and oxygen atoms in total. The molecule has 3 aromatic carbocycles. The van der Waals surface area contributed by atoms with Crippen molar-refractivity contribution in [2.24, 2.45) is 0 Å². The van der Waals surface area contributed by atoms with Gasteiger partial charge in [0.1, 0.15) is 23.4 Å². The molecule has 3 aromatic rings. The van der Waals surface area contributed by atoms with E-state index in [-0.39, 0.29) is 17.4 Å². The molecule has 1 N–H and O–H groups in total. The van der Waals surface area contributed by atoms with Crippen LogP contribution in [-0.2, 0) is 22.4 Å². The highest BCUT2D eigenvalue weighted by molar-refractivity contribution is 6.46. The predicted molar refractivity (Wildman–Crippen MR) is 151 cm³/mol. The summed E-state index contributed by atoms with van der Waals surface area (Å²) in [5, 5.41) is 11.5. The van der Waals surface area contributed by atoms with Crippen LogP contribution < -0.4 is 9.47 Å². The summed E-state index contributed by atoms with van der Waals surface area (Å²) in [5.74, 6) is 0.0137. The van der Waals surface area contributed by atoms with E-state index in [0.717, 1.165) is 48.1 Å². The van der Waals surface area contributed by atoms with Crippen LogP contribution in [0.3, 0.4) is 0 Å². The zero-order valence-corrected chi connectivity index (χ0v) is 22.6. The molecule has 202 valence electrons. The highest BCUT2D eigenvalue weighted by Crippen LogP contribution is 2.41. The van der Waals surface area contributed by atoms with Gasteiger partial charge in [-0.1, -0.05) is 62.2 Å². The smallest absolute Gasteiger partial charge is 0.295 e. The molecule has 39 heavy (non-hydrogen) atoms. The van der Waals surface area contributed by atoms with E-state index in [1.165, 1.54) is 0 Å². The number of likely N-dealkylation sites (tertiary alicyclic amines) is 1. The van der Waals surface area contributed by atoms with Gasteiger partial charge < -0.3 is 19.5 Å². The Bertz CT molecular complexity index is 1380. The summed E-state index contributed by atoms with van der Waals surface area (Å²) in [5.41, 5.74) is 3.38. The van der Waals surface area contributed by atoms with Gasteiger partial charge in [0.05, 0.1) is 18.2 Å². The zero-order chi connectivity index (χ0) is 27.4. The van der Waals surface area contributed by atoms with Crippen LogP contribution in [0.15, 0.2) is 78.4 Å². The summed E-state index contributed by atoms with van der Waals surface area (Å²) < 4.78 is 11.8. The van der Waals surface area contributed by atoms with Crippen LogP contribution in [0.25, 0.3) is 5.76 Å². The van der Waals surface area contributed by atoms with Gasteiger partial charge in [-0.05, 0) is 66.8 Å². The minimum absolute atomic E-state index is 0.0565. The number of unbranched alkanes of at least 4 members (excludes halogenated alkanes) is 2. The molecule has 5 rings (SSSR count). The third-order valence-electron chi connectivity index (χ3n) is 7.38. The number of aliphatic hydroxyl groups excluding tert-OH is 1. The maximum Gasteiger partial charge on any atom is 0.295 e. The fourth-order valence-corrected chi connectivity index (χ4v) is 5.39. The lowest BCUT2D eigenvalue weighted by molar-refractivity contribution is -0.139. The molecule has 0 spiro atoms. The first-order chi connectivity index (χ1) is 19.0. The Morgan fingerprint density at radius 3 is 2.64 bits per heavy atom. The molecule has 0 aliphatic carbocycles. The van der Waals surface area contributed by atoms with Crippen LogP contribution in [0.4, 0.5) is 0 Å². The van der Waals surface area contributed by atoms with E-state index in [1.54, 1.807) is 11.0 Å². The van der Waals surface area contributed by atoms with E-state index < -0.39 is 17.7 Å². The van der Waals surface area contributed by atoms with E-state index in [0.29, 0.717) is 30.9 Å². The molecular formula is C33H35NO5. The van der Waals surface area contributed by atoms with Crippen molar-refractivity contribution in [1.82, 2.24) is 4.90 Å². The van der Waals surface area contributed by atoms with E-state index in [2.05, 4.69) is 6.92 Å². The Morgan fingerprint density at radius 1 is 1.03 bits per heavy atom. The van der Waals surface area contributed by atoms with Gasteiger partial charge in [-0.25, -0.2) is 0 Å². The first-order valence-electron chi connectivity index (χ1n) is 13.8.